The van der Waals surface area contributed by atoms with Crippen LogP contribution in [-0.2, 0) is 0 Å². The number of para-hydroxylation sites is 8. The van der Waals surface area contributed by atoms with Crippen LogP contribution < -0.4 is 0 Å². The van der Waals surface area contributed by atoms with E-state index in [0.29, 0.717) is 23.2 Å². The molecule has 7 heteroatoms. The second-order valence-electron chi connectivity index (χ2n) is 20.9. The second kappa shape index (κ2) is 19.4. The van der Waals surface area contributed by atoms with Crippen LogP contribution in [0.15, 0.2) is 285 Å². The highest BCUT2D eigenvalue weighted by atomic mass is 15.0. The largest absolute Gasteiger partial charge is 0.309 e. The molecule has 4 aromatic heterocycles. The summed E-state index contributed by atoms with van der Waals surface area (Å²) in [6.07, 6.45) is 0. The van der Waals surface area contributed by atoms with Gasteiger partial charge in [0.1, 0.15) is 0 Å². The summed E-state index contributed by atoms with van der Waals surface area (Å²) in [7, 11) is 0. The van der Waals surface area contributed by atoms with E-state index in [4.69, 9.17) is 21.5 Å². The fourth-order valence-corrected chi connectivity index (χ4v) is 12.7. The van der Waals surface area contributed by atoms with Crippen molar-refractivity contribution in [1.29, 1.82) is 0 Å². The number of rotatable bonds is 9. The molecule has 0 unspecified atom stereocenters. The van der Waals surface area contributed by atoms with E-state index in [1.54, 1.807) is 0 Å². The molecule has 386 valence electrons. The van der Waals surface area contributed by atoms with Crippen molar-refractivity contribution in [2.45, 2.75) is 0 Å². The van der Waals surface area contributed by atoms with E-state index in [0.717, 1.165) is 111 Å². The lowest BCUT2D eigenvalue weighted by atomic mass is 9.90. The average Bonchev–Trinajstić information content (AvgIpc) is 4.16. The number of hydrogen-bond acceptors (Lipinski definition) is 3. The SMILES string of the molecule is [C-]#[N+]c1ccccc1-c1ccc2c(c1)c1ccccc1n2-c1c(-c2ccccc2-n2c3ccccc3c3ccccc32)cc(-c2nc(-c3ccccc3)nc(-c3ccccc3)n2)cc1-c1ccccc1-n1c2ccccc2c2ccccc21. The van der Waals surface area contributed by atoms with Crippen LogP contribution in [0.3, 0.4) is 0 Å². The van der Waals surface area contributed by atoms with Crippen LogP contribution in [-0.4, -0.2) is 28.7 Å². The first kappa shape index (κ1) is 47.5. The molecule has 0 aliphatic heterocycles. The van der Waals surface area contributed by atoms with E-state index in [1.807, 2.05) is 60.7 Å². The Morgan fingerprint density at radius 3 is 1.06 bits per heavy atom. The molecule has 0 aliphatic rings. The number of hydrogen-bond donors (Lipinski definition) is 0. The Morgan fingerprint density at radius 1 is 0.253 bits per heavy atom. The Labute approximate surface area is 478 Å². The molecule has 7 nitrogen and oxygen atoms in total. The van der Waals surface area contributed by atoms with Gasteiger partial charge >= 0.3 is 0 Å². The lowest BCUT2D eigenvalue weighted by Gasteiger charge is -2.24. The van der Waals surface area contributed by atoms with Gasteiger partial charge in [-0.2, -0.15) is 0 Å². The molecule has 0 aliphatic carbocycles. The number of nitrogens with zero attached hydrogens (tertiary/aromatic N) is 7. The van der Waals surface area contributed by atoms with Gasteiger partial charge in [-0.05, 0) is 77.9 Å². The highest BCUT2D eigenvalue weighted by molar-refractivity contribution is 6.14. The molecule has 0 spiro atoms. The highest BCUT2D eigenvalue weighted by Gasteiger charge is 2.28. The van der Waals surface area contributed by atoms with Gasteiger partial charge in [0, 0.05) is 71.3 Å². The quantitative estimate of drug-likeness (QED) is 0.135. The molecule has 0 amide bonds. The van der Waals surface area contributed by atoms with Crippen molar-refractivity contribution >= 4 is 71.1 Å². The predicted molar refractivity (Wildman–Crippen MR) is 342 cm³/mol. The summed E-state index contributed by atoms with van der Waals surface area (Å²) in [5, 5.41) is 6.88. The second-order valence-corrected chi connectivity index (χ2v) is 20.9. The number of benzene rings is 12. The van der Waals surface area contributed by atoms with Crippen molar-refractivity contribution in [2.24, 2.45) is 0 Å². The number of aromatic nitrogens is 6. The molecule has 0 atom stereocenters. The molecule has 0 radical (unpaired) electrons. The molecule has 16 rings (SSSR count). The third kappa shape index (κ3) is 7.69. The summed E-state index contributed by atoms with van der Waals surface area (Å²) in [6, 6.07) is 101. The minimum Gasteiger partial charge on any atom is -0.309 e. The summed E-state index contributed by atoms with van der Waals surface area (Å²) in [4.78, 5) is 20.1. The Bertz CT molecular complexity index is 4950. The maximum absolute atomic E-state index is 8.17. The predicted octanol–water partition coefficient (Wildman–Crippen LogP) is 19.7. The van der Waals surface area contributed by atoms with E-state index >= 15 is 0 Å². The normalized spacial score (nSPS) is 11.6. The summed E-state index contributed by atoms with van der Waals surface area (Å²) < 4.78 is 7.34. The standard InChI is InChI=1S/C76H47N7/c1-77-64-36-16-8-28-53(64)51-44-45-72-61(46-51)58-33-13-23-43-71(58)83(72)73-62(59-34-14-21-41-69(59)81-65-37-17-9-29-54(65)55-30-10-18-38-66(55)81)47-52(76-79-74(49-24-4-2-5-25-49)78-75(80-76)50-26-6-3-7-27-50)48-63(73)60-35-15-22-42-70(60)82-67-39-19-11-31-56(67)57-32-12-20-40-68(57)82/h2-48H. The first-order chi connectivity index (χ1) is 41.2. The van der Waals surface area contributed by atoms with Crippen molar-refractivity contribution in [3.63, 3.8) is 0 Å². The number of fused-ring (bicyclic) bond motifs is 9. The van der Waals surface area contributed by atoms with Crippen LogP contribution in [0.1, 0.15) is 0 Å². The molecule has 0 N–H and O–H groups in total. The van der Waals surface area contributed by atoms with Crippen LogP contribution >= 0.6 is 0 Å². The van der Waals surface area contributed by atoms with Gasteiger partial charge in [0.05, 0.1) is 56.7 Å². The fourth-order valence-electron chi connectivity index (χ4n) is 12.7. The first-order valence-electron chi connectivity index (χ1n) is 27.9. The minimum atomic E-state index is 0.542. The zero-order valence-corrected chi connectivity index (χ0v) is 44.8. The van der Waals surface area contributed by atoms with Gasteiger partial charge in [-0.3, -0.25) is 0 Å². The van der Waals surface area contributed by atoms with Gasteiger partial charge in [-0.25, -0.2) is 19.8 Å². The summed E-state index contributed by atoms with van der Waals surface area (Å²) in [6.45, 7) is 8.17. The third-order valence-corrected chi connectivity index (χ3v) is 16.3. The summed E-state index contributed by atoms with van der Waals surface area (Å²) >= 11 is 0. The zero-order chi connectivity index (χ0) is 55.0. The van der Waals surface area contributed by atoms with Crippen molar-refractivity contribution in [1.82, 2.24) is 28.7 Å². The minimum absolute atomic E-state index is 0.542. The van der Waals surface area contributed by atoms with Crippen LogP contribution in [0, 0.1) is 6.57 Å². The first-order valence-corrected chi connectivity index (χ1v) is 27.9. The van der Waals surface area contributed by atoms with Crippen LogP contribution in [0.4, 0.5) is 5.69 Å². The molecule has 12 aromatic carbocycles. The molecular formula is C76H47N7. The molecule has 0 saturated carbocycles. The Kier molecular flexibility index (Phi) is 11.1. The highest BCUT2D eigenvalue weighted by Crippen LogP contribution is 2.49. The molecular weight excluding hydrogens is 1010 g/mol. The topological polar surface area (TPSA) is 57.8 Å². The van der Waals surface area contributed by atoms with Gasteiger partial charge in [0.25, 0.3) is 0 Å². The van der Waals surface area contributed by atoms with E-state index < -0.39 is 0 Å². The van der Waals surface area contributed by atoms with E-state index in [1.165, 1.54) is 21.5 Å². The van der Waals surface area contributed by atoms with E-state index in [2.05, 4.69) is 243 Å². The smallest absolute Gasteiger partial charge is 0.194 e. The van der Waals surface area contributed by atoms with Crippen molar-refractivity contribution in [2.75, 3.05) is 0 Å². The Morgan fingerprint density at radius 2 is 0.602 bits per heavy atom. The van der Waals surface area contributed by atoms with Crippen LogP contribution in [0.2, 0.25) is 0 Å². The van der Waals surface area contributed by atoms with E-state index in [9.17, 15) is 0 Å². The fraction of sp³-hybridized carbons (Fsp3) is 0. The van der Waals surface area contributed by atoms with Crippen molar-refractivity contribution in [3.8, 4) is 84.6 Å². The zero-order valence-electron chi connectivity index (χ0n) is 44.8. The van der Waals surface area contributed by atoms with Gasteiger partial charge in [-0.15, -0.1) is 0 Å². The molecule has 0 fully saturated rings. The van der Waals surface area contributed by atoms with Crippen molar-refractivity contribution in [3.05, 3.63) is 297 Å². The van der Waals surface area contributed by atoms with Crippen molar-refractivity contribution < 1.29 is 0 Å². The maximum atomic E-state index is 8.17. The molecule has 83 heavy (non-hydrogen) atoms. The van der Waals surface area contributed by atoms with Crippen LogP contribution in [0.25, 0.3) is 155 Å². The van der Waals surface area contributed by atoms with E-state index in [-0.39, 0.29) is 0 Å². The summed E-state index contributed by atoms with van der Waals surface area (Å²) in [5.41, 5.74) is 18.6. The Hall–Kier alpha value is -11.5. The molecule has 4 heterocycles. The van der Waals surface area contributed by atoms with Gasteiger partial charge < -0.3 is 13.7 Å². The molecule has 0 bridgehead atoms. The molecule has 0 saturated heterocycles. The summed E-state index contributed by atoms with van der Waals surface area (Å²) in [5.74, 6) is 1.70. The lowest BCUT2D eigenvalue weighted by Crippen LogP contribution is -2.07. The lowest BCUT2D eigenvalue weighted by molar-refractivity contribution is 1.07. The van der Waals surface area contributed by atoms with Crippen LogP contribution in [0.5, 0.6) is 0 Å². The Balaban J connectivity index is 1.09. The van der Waals surface area contributed by atoms with Gasteiger partial charge in [0.15, 0.2) is 23.2 Å². The third-order valence-electron chi connectivity index (χ3n) is 16.3. The van der Waals surface area contributed by atoms with Gasteiger partial charge in [0.2, 0.25) is 0 Å². The van der Waals surface area contributed by atoms with Gasteiger partial charge in [-0.1, -0.05) is 218 Å². The molecule has 16 aromatic rings. The average molecular weight is 1060 g/mol. The maximum Gasteiger partial charge on any atom is 0.194 e. The monoisotopic (exact) mass is 1060 g/mol.